The quantitative estimate of drug-likeness (QED) is 0.353. The summed E-state index contributed by atoms with van der Waals surface area (Å²) in [4.78, 5) is 29.2. The molecule has 4 atom stereocenters. The maximum Gasteiger partial charge on any atom is 0.330 e. The number of nitrogens with zero attached hydrogens (tertiary/aromatic N) is 1. The molecule has 0 saturated carbocycles. The molecule has 1 aromatic heterocycles. The average molecular weight is 604 g/mol. The number of nitrogens with two attached hydrogens (primary N) is 1. The lowest BCUT2D eigenvalue weighted by Gasteiger charge is -2.43. The molecule has 2 aliphatic rings. The lowest BCUT2D eigenvalue weighted by molar-refractivity contribution is -0.0574. The van der Waals surface area contributed by atoms with Crippen molar-refractivity contribution in [2.45, 2.75) is 115 Å². The van der Waals surface area contributed by atoms with Crippen molar-refractivity contribution in [2.75, 3.05) is 6.61 Å². The van der Waals surface area contributed by atoms with E-state index in [9.17, 15) is 18.0 Å². The number of hydrogen-bond donors (Lipinski definition) is 2. The van der Waals surface area contributed by atoms with Gasteiger partial charge in [-0.15, -0.1) is 0 Å². The van der Waals surface area contributed by atoms with Crippen molar-refractivity contribution in [2.24, 2.45) is 5.73 Å². The van der Waals surface area contributed by atoms with Crippen LogP contribution in [0.2, 0.25) is 36.3 Å². The summed E-state index contributed by atoms with van der Waals surface area (Å²) in [6.45, 7) is 22.1. The Kier molecular flexibility index (Phi) is 8.25. The third kappa shape index (κ3) is 5.65. The molecule has 0 amide bonds. The summed E-state index contributed by atoms with van der Waals surface area (Å²) in [5.41, 5.74) is 3.59. The molecule has 1 spiro atoms. The SMILES string of the molecule is CCc1c[nH]c(=O)n([C@@H]2O[C@H](CO[Si](C)(C)C(C)(C)C)[C@@]3(OS(=O)(=O)C=C3N)[C@H]2O[Si](C)(C)C(C)(C)C)c1=O. The van der Waals surface area contributed by atoms with Gasteiger partial charge in [-0.05, 0) is 42.7 Å². The molecule has 0 aromatic carbocycles. The first-order valence-electron chi connectivity index (χ1n) is 13.2. The molecule has 11 nitrogen and oxygen atoms in total. The van der Waals surface area contributed by atoms with Gasteiger partial charge < -0.3 is 24.3 Å². The zero-order chi connectivity index (χ0) is 30.0. The van der Waals surface area contributed by atoms with E-state index < -0.39 is 62.0 Å². The Morgan fingerprint density at radius 2 is 1.64 bits per heavy atom. The van der Waals surface area contributed by atoms with Gasteiger partial charge in [0.1, 0.15) is 12.2 Å². The van der Waals surface area contributed by atoms with Crippen LogP contribution >= 0.6 is 0 Å². The van der Waals surface area contributed by atoms with Crippen LogP contribution in [0.5, 0.6) is 0 Å². The number of nitrogens with one attached hydrogen (secondary N) is 1. The molecular weight excluding hydrogens is 559 g/mol. The Morgan fingerprint density at radius 1 is 1.08 bits per heavy atom. The third-order valence-corrected chi connectivity index (χ3v) is 18.8. The fourth-order valence-electron chi connectivity index (χ4n) is 4.21. The number of aromatic amines is 1. The highest BCUT2D eigenvalue weighted by atomic mass is 32.2. The van der Waals surface area contributed by atoms with Gasteiger partial charge in [0.05, 0.1) is 17.7 Å². The monoisotopic (exact) mass is 603 g/mol. The predicted molar refractivity (Wildman–Crippen MR) is 155 cm³/mol. The van der Waals surface area contributed by atoms with Gasteiger partial charge in [-0.2, -0.15) is 8.42 Å². The molecule has 2 aliphatic heterocycles. The first-order valence-corrected chi connectivity index (χ1v) is 20.5. The number of H-pyrrole nitrogens is 1. The smallest absolute Gasteiger partial charge is 0.330 e. The molecule has 0 unspecified atom stereocenters. The summed E-state index contributed by atoms with van der Waals surface area (Å²) in [5, 5.41) is 0.394. The standard InChI is InChI=1S/C25H45N3O8SSi2/c1-12-16-13-27-22(30)28(20(16)29)21-19(35-39(10,11)24(5,6)7)25(17(26)15-37(31,32)36-25)18(34-21)14-33-38(8,9)23(2,3)4/h13,15,18-19,21H,12,14,26H2,1-11H3,(H,27,30)/t18-,19+,21-,25-/m1/s1. The number of rotatable bonds is 7. The molecule has 0 radical (unpaired) electrons. The molecule has 222 valence electrons. The van der Waals surface area contributed by atoms with Gasteiger partial charge >= 0.3 is 5.69 Å². The minimum absolute atomic E-state index is 0.0749. The maximum atomic E-state index is 13.5. The first-order chi connectivity index (χ1) is 17.5. The third-order valence-electron chi connectivity index (χ3n) is 8.79. The zero-order valence-corrected chi connectivity index (χ0v) is 27.8. The van der Waals surface area contributed by atoms with Crippen LogP contribution < -0.4 is 17.0 Å². The van der Waals surface area contributed by atoms with E-state index in [-0.39, 0.29) is 22.4 Å². The lowest BCUT2D eigenvalue weighted by Crippen LogP contribution is -2.59. The summed E-state index contributed by atoms with van der Waals surface area (Å²) in [7, 11) is -9.25. The fourth-order valence-corrected chi connectivity index (χ4v) is 7.72. The topological polar surface area (TPSA) is 152 Å². The normalized spacial score (nSPS) is 27.8. The minimum atomic E-state index is -4.21. The molecule has 0 bridgehead atoms. The average Bonchev–Trinajstić information content (AvgIpc) is 3.17. The van der Waals surface area contributed by atoms with Crippen molar-refractivity contribution < 1.29 is 26.2 Å². The highest BCUT2D eigenvalue weighted by molar-refractivity contribution is 7.90. The van der Waals surface area contributed by atoms with E-state index in [1.54, 1.807) is 6.92 Å². The van der Waals surface area contributed by atoms with Gasteiger partial charge in [0.2, 0.25) is 0 Å². The van der Waals surface area contributed by atoms with Crippen LogP contribution in [0.4, 0.5) is 0 Å². The van der Waals surface area contributed by atoms with E-state index in [1.165, 1.54) is 6.20 Å². The van der Waals surface area contributed by atoms with Crippen molar-refractivity contribution >= 4 is 26.8 Å². The number of hydrogen-bond acceptors (Lipinski definition) is 9. The van der Waals surface area contributed by atoms with E-state index in [2.05, 4.69) is 38.8 Å². The number of ether oxygens (including phenoxy) is 1. The highest BCUT2D eigenvalue weighted by Crippen LogP contribution is 2.51. The van der Waals surface area contributed by atoms with E-state index in [0.29, 0.717) is 12.0 Å². The summed E-state index contributed by atoms with van der Waals surface area (Å²) in [5.74, 6) is 0. The van der Waals surface area contributed by atoms with Crippen molar-refractivity contribution in [1.82, 2.24) is 9.55 Å². The Bertz CT molecular complexity index is 1350. The number of aromatic nitrogens is 2. The fraction of sp³-hybridized carbons (Fsp3) is 0.760. The summed E-state index contributed by atoms with van der Waals surface area (Å²) < 4.78 is 52.1. The summed E-state index contributed by atoms with van der Waals surface area (Å²) in [6.07, 6.45) is -1.90. The molecule has 1 aromatic rings. The van der Waals surface area contributed by atoms with Crippen molar-refractivity contribution in [3.8, 4) is 0 Å². The molecule has 39 heavy (non-hydrogen) atoms. The van der Waals surface area contributed by atoms with Crippen LogP contribution in [-0.4, -0.2) is 59.0 Å². The van der Waals surface area contributed by atoms with Crippen LogP contribution in [0.25, 0.3) is 0 Å². The Balaban J connectivity index is 2.28. The van der Waals surface area contributed by atoms with Crippen LogP contribution in [0.1, 0.15) is 60.3 Å². The second kappa shape index (κ2) is 10.1. The van der Waals surface area contributed by atoms with Gasteiger partial charge in [0.25, 0.3) is 15.7 Å². The lowest BCUT2D eigenvalue weighted by atomic mass is 9.89. The van der Waals surface area contributed by atoms with E-state index in [4.69, 9.17) is 23.5 Å². The zero-order valence-electron chi connectivity index (χ0n) is 25.0. The van der Waals surface area contributed by atoms with Crippen LogP contribution in [0.15, 0.2) is 26.9 Å². The van der Waals surface area contributed by atoms with Crippen molar-refractivity contribution in [3.05, 3.63) is 43.7 Å². The Labute approximate surface area is 233 Å². The molecular formula is C25H45N3O8SSi2. The van der Waals surface area contributed by atoms with Gasteiger partial charge in [-0.25, -0.2) is 13.5 Å². The second-order valence-electron chi connectivity index (χ2n) is 13.5. The Hall–Kier alpha value is -1.56. The molecule has 1 fully saturated rings. The number of aryl methyl sites for hydroxylation is 1. The van der Waals surface area contributed by atoms with E-state index in [0.717, 1.165) is 9.98 Å². The minimum Gasteiger partial charge on any atom is -0.414 e. The molecule has 1 saturated heterocycles. The van der Waals surface area contributed by atoms with E-state index in [1.807, 2.05) is 33.9 Å². The summed E-state index contributed by atoms with van der Waals surface area (Å²) in [6, 6.07) is 0. The molecule has 14 heteroatoms. The molecule has 3 rings (SSSR count). The van der Waals surface area contributed by atoms with Crippen LogP contribution in [-0.2, 0) is 34.3 Å². The van der Waals surface area contributed by atoms with Gasteiger partial charge in [-0.3, -0.25) is 4.79 Å². The second-order valence-corrected chi connectivity index (χ2v) is 24.4. The largest absolute Gasteiger partial charge is 0.414 e. The van der Waals surface area contributed by atoms with Gasteiger partial charge in [0, 0.05) is 11.8 Å². The molecule has 3 N–H and O–H groups in total. The maximum absolute atomic E-state index is 13.5. The highest BCUT2D eigenvalue weighted by Gasteiger charge is 2.67. The van der Waals surface area contributed by atoms with Gasteiger partial charge in [0.15, 0.2) is 28.5 Å². The first kappa shape index (κ1) is 32.0. The van der Waals surface area contributed by atoms with E-state index >= 15 is 0 Å². The van der Waals surface area contributed by atoms with Crippen LogP contribution in [0.3, 0.4) is 0 Å². The van der Waals surface area contributed by atoms with Crippen molar-refractivity contribution in [3.63, 3.8) is 0 Å². The molecule has 3 heterocycles. The molecule has 0 aliphatic carbocycles. The Morgan fingerprint density at radius 3 is 2.10 bits per heavy atom. The van der Waals surface area contributed by atoms with Crippen LogP contribution in [0, 0.1) is 0 Å². The predicted octanol–water partition coefficient (Wildman–Crippen LogP) is 3.31. The van der Waals surface area contributed by atoms with Gasteiger partial charge in [-0.1, -0.05) is 48.5 Å². The van der Waals surface area contributed by atoms with Crippen molar-refractivity contribution in [1.29, 1.82) is 0 Å². The summed E-state index contributed by atoms with van der Waals surface area (Å²) >= 11 is 0.